The Labute approximate surface area is 177 Å². The molecular formula is C20H18F8S2. The second-order valence-corrected chi connectivity index (χ2v) is 8.31. The first-order chi connectivity index (χ1) is 14.2. The Bertz CT molecular complexity index is 872. The van der Waals surface area contributed by atoms with E-state index in [2.05, 4.69) is 0 Å². The lowest BCUT2D eigenvalue weighted by Crippen LogP contribution is -2.09. The smallest absolute Gasteiger partial charge is 0.176 e. The molecule has 0 fully saturated rings. The van der Waals surface area contributed by atoms with Gasteiger partial charge in [-0.1, -0.05) is 32.6 Å². The van der Waals surface area contributed by atoms with Crippen LogP contribution in [0.25, 0.3) is 11.1 Å². The molecular weight excluding hydrogens is 456 g/mol. The van der Waals surface area contributed by atoms with Gasteiger partial charge >= 0.3 is 0 Å². The minimum Gasteiger partial charge on any atom is -0.203 e. The van der Waals surface area contributed by atoms with Crippen molar-refractivity contribution >= 4 is 23.5 Å². The van der Waals surface area contributed by atoms with Crippen LogP contribution in [0, 0.1) is 46.5 Å². The van der Waals surface area contributed by atoms with Crippen LogP contribution in [0.15, 0.2) is 9.79 Å². The van der Waals surface area contributed by atoms with Gasteiger partial charge in [-0.15, -0.1) is 23.5 Å². The third-order valence-corrected chi connectivity index (χ3v) is 6.30. The first kappa shape index (κ1) is 24.8. The monoisotopic (exact) mass is 474 g/mol. The average Bonchev–Trinajstić information content (AvgIpc) is 2.72. The predicted molar refractivity (Wildman–Crippen MR) is 103 cm³/mol. The van der Waals surface area contributed by atoms with Gasteiger partial charge in [0.2, 0.25) is 0 Å². The van der Waals surface area contributed by atoms with E-state index in [1.165, 1.54) is 0 Å². The third kappa shape index (κ3) is 4.74. The maximum Gasteiger partial charge on any atom is 0.176 e. The summed E-state index contributed by atoms with van der Waals surface area (Å²) in [5.41, 5.74) is -3.68. The van der Waals surface area contributed by atoms with Gasteiger partial charge in [-0.05, 0) is 18.4 Å². The maximum atomic E-state index is 14.5. The van der Waals surface area contributed by atoms with Crippen molar-refractivity contribution in [3.63, 3.8) is 0 Å². The summed E-state index contributed by atoms with van der Waals surface area (Å²) in [7, 11) is 0. The van der Waals surface area contributed by atoms with E-state index in [4.69, 9.17) is 0 Å². The van der Waals surface area contributed by atoms with Crippen LogP contribution in [0.3, 0.4) is 0 Å². The van der Waals surface area contributed by atoms with E-state index in [1.54, 1.807) is 0 Å². The molecule has 0 saturated heterocycles. The number of benzene rings is 2. The molecule has 0 atom stereocenters. The zero-order valence-electron chi connectivity index (χ0n) is 16.1. The van der Waals surface area contributed by atoms with Crippen LogP contribution in [0.1, 0.15) is 39.0 Å². The van der Waals surface area contributed by atoms with Gasteiger partial charge in [-0.2, -0.15) is 0 Å². The number of hydrogen-bond donors (Lipinski definition) is 0. The summed E-state index contributed by atoms with van der Waals surface area (Å²) in [6, 6.07) is 0. The standard InChI is InChI=1S/C20H18F8S2/c1-3-4-5-6-7-8-30-20-17(27)13(23)10(14(24)18(20)28)9-11(21)15(25)19(29-2)16(26)12(9)22/h3-8H2,1-2H3. The summed E-state index contributed by atoms with van der Waals surface area (Å²) < 4.78 is 114. The van der Waals surface area contributed by atoms with Gasteiger partial charge < -0.3 is 0 Å². The highest BCUT2D eigenvalue weighted by Crippen LogP contribution is 2.41. The summed E-state index contributed by atoms with van der Waals surface area (Å²) in [5.74, 6) is -16.0. The lowest BCUT2D eigenvalue weighted by Gasteiger charge is -2.15. The Balaban J connectivity index is 2.50. The topological polar surface area (TPSA) is 0 Å². The van der Waals surface area contributed by atoms with E-state index in [1.807, 2.05) is 6.92 Å². The van der Waals surface area contributed by atoms with Crippen molar-refractivity contribution < 1.29 is 35.1 Å². The summed E-state index contributed by atoms with van der Waals surface area (Å²) in [4.78, 5) is -2.06. The number of unbranched alkanes of at least 4 members (excludes halogenated alkanes) is 4. The average molecular weight is 474 g/mol. The highest BCUT2D eigenvalue weighted by Gasteiger charge is 2.34. The zero-order chi connectivity index (χ0) is 22.6. The molecule has 0 radical (unpaired) electrons. The zero-order valence-corrected chi connectivity index (χ0v) is 17.7. The van der Waals surface area contributed by atoms with Crippen molar-refractivity contribution in [2.45, 2.75) is 48.8 Å². The van der Waals surface area contributed by atoms with Crippen molar-refractivity contribution in [1.29, 1.82) is 0 Å². The fourth-order valence-electron chi connectivity index (χ4n) is 2.85. The molecule has 0 bridgehead atoms. The molecule has 0 aliphatic heterocycles. The minimum absolute atomic E-state index is 0.157. The Morgan fingerprint density at radius 1 is 0.533 bits per heavy atom. The molecule has 0 spiro atoms. The second kappa shape index (κ2) is 10.7. The van der Waals surface area contributed by atoms with E-state index in [-0.39, 0.29) is 5.75 Å². The van der Waals surface area contributed by atoms with Crippen LogP contribution < -0.4 is 0 Å². The molecule has 0 saturated carbocycles. The molecule has 0 N–H and O–H groups in total. The van der Waals surface area contributed by atoms with Crippen LogP contribution >= 0.6 is 23.5 Å². The van der Waals surface area contributed by atoms with Crippen molar-refractivity contribution in [1.82, 2.24) is 0 Å². The minimum atomic E-state index is -2.15. The molecule has 0 aliphatic rings. The lowest BCUT2D eigenvalue weighted by molar-refractivity contribution is 0.415. The Morgan fingerprint density at radius 2 is 0.933 bits per heavy atom. The van der Waals surface area contributed by atoms with Gasteiger partial charge in [0.05, 0.1) is 20.9 Å². The number of rotatable bonds is 9. The molecule has 10 heteroatoms. The van der Waals surface area contributed by atoms with Crippen molar-refractivity contribution in [2.75, 3.05) is 12.0 Å². The Hall–Kier alpha value is -1.42. The van der Waals surface area contributed by atoms with Crippen LogP contribution in [0.5, 0.6) is 0 Å². The predicted octanol–water partition coefficient (Wildman–Crippen LogP) is 8.25. The van der Waals surface area contributed by atoms with Gasteiger partial charge in [0.1, 0.15) is 0 Å². The summed E-state index contributed by atoms with van der Waals surface area (Å²) in [5, 5.41) is 0. The normalized spacial score (nSPS) is 11.4. The van der Waals surface area contributed by atoms with Gasteiger partial charge in [0, 0.05) is 0 Å². The van der Waals surface area contributed by atoms with E-state index < -0.39 is 67.5 Å². The molecule has 166 valence electrons. The Morgan fingerprint density at radius 3 is 1.33 bits per heavy atom. The third-order valence-electron chi connectivity index (χ3n) is 4.39. The first-order valence-electron chi connectivity index (χ1n) is 9.07. The quantitative estimate of drug-likeness (QED) is 0.155. The highest BCUT2D eigenvalue weighted by atomic mass is 32.2. The first-order valence-corrected chi connectivity index (χ1v) is 11.3. The fraction of sp³-hybridized carbons (Fsp3) is 0.400. The number of hydrogen-bond acceptors (Lipinski definition) is 2. The van der Waals surface area contributed by atoms with Crippen LogP contribution in [0.2, 0.25) is 0 Å². The highest BCUT2D eigenvalue weighted by molar-refractivity contribution is 7.99. The summed E-state index contributed by atoms with van der Waals surface area (Å²) in [6.07, 6.45) is 5.26. The second-order valence-electron chi connectivity index (χ2n) is 6.39. The van der Waals surface area contributed by atoms with Gasteiger partial charge in [-0.3, -0.25) is 0 Å². The van der Waals surface area contributed by atoms with Crippen molar-refractivity contribution in [3.05, 3.63) is 46.5 Å². The number of halogens is 8. The number of thioether (sulfide) groups is 2. The Kier molecular flexibility index (Phi) is 8.90. The van der Waals surface area contributed by atoms with Gasteiger partial charge in [-0.25, -0.2) is 35.1 Å². The molecule has 0 aromatic heterocycles. The van der Waals surface area contributed by atoms with Crippen LogP contribution in [-0.4, -0.2) is 12.0 Å². The molecule has 0 nitrogen and oxygen atoms in total. The lowest BCUT2D eigenvalue weighted by atomic mass is 10.0. The molecule has 2 aromatic carbocycles. The summed E-state index contributed by atoms with van der Waals surface area (Å²) in [6.45, 7) is 2.00. The SMILES string of the molecule is CCCCCCCSc1c(F)c(F)c(-c2c(F)c(F)c(SC)c(F)c2F)c(F)c1F. The van der Waals surface area contributed by atoms with Crippen LogP contribution in [-0.2, 0) is 0 Å². The van der Waals surface area contributed by atoms with Crippen molar-refractivity contribution in [3.8, 4) is 11.1 Å². The van der Waals surface area contributed by atoms with E-state index in [9.17, 15) is 35.1 Å². The molecule has 2 aromatic rings. The molecule has 30 heavy (non-hydrogen) atoms. The summed E-state index contributed by atoms with van der Waals surface area (Å²) >= 11 is 0.834. The molecule has 0 heterocycles. The van der Waals surface area contributed by atoms with E-state index >= 15 is 0 Å². The molecule has 0 amide bonds. The molecule has 2 rings (SSSR count). The maximum absolute atomic E-state index is 14.5. The van der Waals surface area contributed by atoms with Gasteiger partial charge in [0.25, 0.3) is 0 Å². The van der Waals surface area contributed by atoms with Crippen molar-refractivity contribution in [2.24, 2.45) is 0 Å². The van der Waals surface area contributed by atoms with Crippen LogP contribution in [0.4, 0.5) is 35.1 Å². The largest absolute Gasteiger partial charge is 0.203 e. The van der Waals surface area contributed by atoms with Gasteiger partial charge in [0.15, 0.2) is 46.5 Å². The molecule has 0 unspecified atom stereocenters. The van der Waals surface area contributed by atoms with E-state index in [0.29, 0.717) is 29.9 Å². The fourth-order valence-corrected chi connectivity index (χ4v) is 4.37. The molecule has 0 aliphatic carbocycles. The van der Waals surface area contributed by atoms with E-state index in [0.717, 1.165) is 31.9 Å².